The van der Waals surface area contributed by atoms with Crippen molar-refractivity contribution in [2.24, 2.45) is 7.05 Å². The molecule has 7 nitrogen and oxygen atoms in total. The van der Waals surface area contributed by atoms with Crippen molar-refractivity contribution in [2.45, 2.75) is 52.3 Å². The molecule has 1 aromatic heterocycles. The van der Waals surface area contributed by atoms with Crippen LogP contribution in [0.25, 0.3) is 5.69 Å². The number of aryl methyl sites for hydroxylation is 1. The molecule has 0 aliphatic rings. The minimum Gasteiger partial charge on any atom is -0.490 e. The molecule has 0 radical (unpaired) electrons. The maximum Gasteiger partial charge on any atom is 0.418 e. The maximum absolute atomic E-state index is 15.2. The number of halogens is 4. The van der Waals surface area contributed by atoms with E-state index in [1.807, 2.05) is 6.92 Å². The molecule has 35 heavy (non-hydrogen) atoms. The summed E-state index contributed by atoms with van der Waals surface area (Å²) in [5, 5.41) is 6.35. The fourth-order valence-electron chi connectivity index (χ4n) is 3.63. The number of carbonyl (C=O) groups is 1. The zero-order valence-electron chi connectivity index (χ0n) is 19.7. The third kappa shape index (κ3) is 5.55. The fraction of sp³-hybridized carbons (Fsp3) is 0.375. The number of hydrogen-bond acceptors (Lipinski definition) is 4. The zero-order valence-corrected chi connectivity index (χ0v) is 19.7. The molecule has 0 saturated carbocycles. The molecule has 1 unspecified atom stereocenters. The smallest absolute Gasteiger partial charge is 0.418 e. The van der Waals surface area contributed by atoms with Gasteiger partial charge in [0.15, 0.2) is 0 Å². The van der Waals surface area contributed by atoms with Crippen LogP contribution in [0.4, 0.5) is 23.2 Å². The van der Waals surface area contributed by atoms with Crippen LogP contribution in [-0.4, -0.2) is 26.4 Å². The molecular weight excluding hydrogens is 468 g/mol. The van der Waals surface area contributed by atoms with E-state index in [2.05, 4.69) is 10.4 Å². The second-order valence-corrected chi connectivity index (χ2v) is 8.04. The predicted molar refractivity (Wildman–Crippen MR) is 123 cm³/mol. The minimum absolute atomic E-state index is 0.0834. The van der Waals surface area contributed by atoms with Gasteiger partial charge in [0.05, 0.1) is 22.9 Å². The Morgan fingerprint density at radius 3 is 2.49 bits per heavy atom. The summed E-state index contributed by atoms with van der Waals surface area (Å²) in [7, 11) is 1.50. The van der Waals surface area contributed by atoms with Crippen molar-refractivity contribution in [1.29, 1.82) is 0 Å². The van der Waals surface area contributed by atoms with Crippen LogP contribution < -0.4 is 15.7 Å². The first-order valence-electron chi connectivity index (χ1n) is 11.1. The van der Waals surface area contributed by atoms with Crippen LogP contribution in [0.1, 0.15) is 55.4 Å². The van der Waals surface area contributed by atoms with Crippen LogP contribution in [-0.2, 0) is 19.6 Å². The maximum atomic E-state index is 15.2. The van der Waals surface area contributed by atoms with Crippen molar-refractivity contribution in [2.75, 3.05) is 5.32 Å². The SMILES string of the molecule is CCCC(C)Oc1cc(-n2nc(CC)n(C)c2=O)c(F)cc1C(=O)Nc1ccccc1C(F)(F)F. The number of rotatable bonds is 8. The van der Waals surface area contributed by atoms with Gasteiger partial charge in [-0.2, -0.15) is 17.9 Å². The number of nitrogens with one attached hydrogen (secondary N) is 1. The zero-order chi connectivity index (χ0) is 25.9. The normalized spacial score (nSPS) is 12.5. The van der Waals surface area contributed by atoms with Gasteiger partial charge in [0.25, 0.3) is 5.91 Å². The lowest BCUT2D eigenvalue weighted by Gasteiger charge is -2.19. The third-order valence-electron chi connectivity index (χ3n) is 5.41. The third-order valence-corrected chi connectivity index (χ3v) is 5.41. The van der Waals surface area contributed by atoms with E-state index in [9.17, 15) is 22.8 Å². The Balaban J connectivity index is 2.10. The summed E-state index contributed by atoms with van der Waals surface area (Å²) in [6, 6.07) is 6.48. The number of para-hydroxylation sites is 1. The molecule has 0 aliphatic carbocycles. The Kier molecular flexibility index (Phi) is 7.67. The lowest BCUT2D eigenvalue weighted by Crippen LogP contribution is -2.24. The summed E-state index contributed by atoms with van der Waals surface area (Å²) in [6.45, 7) is 5.46. The quantitative estimate of drug-likeness (QED) is 0.442. The second-order valence-electron chi connectivity index (χ2n) is 8.04. The van der Waals surface area contributed by atoms with Crippen molar-refractivity contribution in [3.63, 3.8) is 0 Å². The lowest BCUT2D eigenvalue weighted by atomic mass is 10.1. The van der Waals surface area contributed by atoms with E-state index in [0.717, 1.165) is 29.3 Å². The molecular formula is C24H26F4N4O3. The van der Waals surface area contributed by atoms with Gasteiger partial charge in [0.2, 0.25) is 0 Å². The minimum atomic E-state index is -4.70. The monoisotopic (exact) mass is 494 g/mol. The molecule has 1 heterocycles. The number of nitrogens with zero attached hydrogens (tertiary/aromatic N) is 3. The summed E-state index contributed by atoms with van der Waals surface area (Å²) in [4.78, 5) is 25.6. The molecule has 0 spiro atoms. The van der Waals surface area contributed by atoms with Crippen LogP contribution in [0.3, 0.4) is 0 Å². The highest BCUT2D eigenvalue weighted by molar-refractivity contribution is 6.06. The van der Waals surface area contributed by atoms with Crippen LogP contribution in [0.15, 0.2) is 41.2 Å². The average Bonchev–Trinajstić information content (AvgIpc) is 3.08. The van der Waals surface area contributed by atoms with E-state index in [0.29, 0.717) is 18.7 Å². The molecule has 3 aromatic rings. The summed E-state index contributed by atoms with van der Waals surface area (Å²) in [5.74, 6) is -1.62. The van der Waals surface area contributed by atoms with Crippen molar-refractivity contribution in [3.8, 4) is 11.4 Å². The molecule has 2 aromatic carbocycles. The van der Waals surface area contributed by atoms with Crippen molar-refractivity contribution in [1.82, 2.24) is 14.3 Å². The molecule has 188 valence electrons. The molecule has 0 aliphatic heterocycles. The number of carbonyl (C=O) groups excluding carboxylic acids is 1. The first kappa shape index (κ1) is 26.0. The highest BCUT2D eigenvalue weighted by Gasteiger charge is 2.34. The van der Waals surface area contributed by atoms with E-state index < -0.39 is 34.8 Å². The van der Waals surface area contributed by atoms with Crippen LogP contribution >= 0.6 is 0 Å². The summed E-state index contributed by atoms with van der Waals surface area (Å²) in [5.41, 5.74) is -2.67. The van der Waals surface area contributed by atoms with Gasteiger partial charge in [-0.3, -0.25) is 9.36 Å². The van der Waals surface area contributed by atoms with E-state index in [1.54, 1.807) is 13.8 Å². The van der Waals surface area contributed by atoms with E-state index in [4.69, 9.17) is 4.74 Å². The molecule has 1 amide bonds. The number of ether oxygens (including phenoxy) is 1. The molecule has 1 N–H and O–H groups in total. The Hall–Kier alpha value is -3.63. The topological polar surface area (TPSA) is 78.2 Å². The standard InChI is InChI=1S/C24H26F4N4O3/c1-5-9-14(3)35-20-13-19(32-23(34)31(4)21(6-2)30-32)17(25)12-15(20)22(33)29-18-11-8-7-10-16(18)24(26,27)28/h7-8,10-14H,5-6,9H2,1-4H3,(H,29,33). The number of hydrogen-bond donors (Lipinski definition) is 1. The molecule has 11 heteroatoms. The van der Waals surface area contributed by atoms with Crippen LogP contribution in [0.2, 0.25) is 0 Å². The van der Waals surface area contributed by atoms with Gasteiger partial charge in [-0.25, -0.2) is 9.18 Å². The van der Waals surface area contributed by atoms with Crippen molar-refractivity contribution < 1.29 is 27.1 Å². The summed E-state index contributed by atoms with van der Waals surface area (Å²) < 4.78 is 63.3. The Morgan fingerprint density at radius 2 is 1.89 bits per heavy atom. The van der Waals surface area contributed by atoms with Gasteiger partial charge in [0.1, 0.15) is 23.1 Å². The molecule has 3 rings (SSSR count). The van der Waals surface area contributed by atoms with E-state index in [1.165, 1.54) is 29.8 Å². The van der Waals surface area contributed by atoms with Crippen LogP contribution in [0.5, 0.6) is 5.75 Å². The largest absolute Gasteiger partial charge is 0.490 e. The van der Waals surface area contributed by atoms with Gasteiger partial charge in [-0.1, -0.05) is 32.4 Å². The van der Waals surface area contributed by atoms with Gasteiger partial charge in [0, 0.05) is 19.5 Å². The Bertz CT molecular complexity index is 1280. The number of alkyl halides is 3. The van der Waals surface area contributed by atoms with Gasteiger partial charge < -0.3 is 10.1 Å². The highest BCUT2D eigenvalue weighted by atomic mass is 19.4. The van der Waals surface area contributed by atoms with Crippen molar-refractivity contribution in [3.05, 3.63) is 69.7 Å². The van der Waals surface area contributed by atoms with E-state index >= 15 is 4.39 Å². The molecule has 0 bridgehead atoms. The van der Waals surface area contributed by atoms with Gasteiger partial charge in [-0.15, -0.1) is 5.10 Å². The van der Waals surface area contributed by atoms with Crippen LogP contribution in [0, 0.1) is 5.82 Å². The van der Waals surface area contributed by atoms with E-state index in [-0.39, 0.29) is 23.1 Å². The van der Waals surface area contributed by atoms with Crippen molar-refractivity contribution >= 4 is 11.6 Å². The van der Waals surface area contributed by atoms with Gasteiger partial charge in [-0.05, 0) is 31.5 Å². The number of aromatic nitrogens is 3. The van der Waals surface area contributed by atoms with Gasteiger partial charge >= 0.3 is 11.9 Å². The summed E-state index contributed by atoms with van der Waals surface area (Å²) >= 11 is 0. The predicted octanol–water partition coefficient (Wildman–Crippen LogP) is 5.11. The highest BCUT2D eigenvalue weighted by Crippen LogP contribution is 2.35. The molecule has 0 saturated heterocycles. The molecule has 0 fully saturated rings. The lowest BCUT2D eigenvalue weighted by molar-refractivity contribution is -0.136. The first-order chi connectivity index (χ1) is 16.5. The Morgan fingerprint density at radius 1 is 1.20 bits per heavy atom. The fourth-order valence-corrected chi connectivity index (χ4v) is 3.63. The molecule has 1 atom stereocenters. The Labute approximate surface area is 199 Å². The average molecular weight is 494 g/mol. The second kappa shape index (κ2) is 10.3. The number of anilines is 1. The first-order valence-corrected chi connectivity index (χ1v) is 11.1. The number of benzene rings is 2. The summed E-state index contributed by atoms with van der Waals surface area (Å²) in [6.07, 6.45) is -3.30. The number of amides is 1.